The molecule has 4 aromatic rings. The van der Waals surface area contributed by atoms with Crippen molar-refractivity contribution < 1.29 is 0 Å². The number of nitrogens with zero attached hydrogens (tertiary/aromatic N) is 4. The molecule has 3 aromatic carbocycles. The van der Waals surface area contributed by atoms with E-state index in [1.807, 2.05) is 91.3 Å². The molecule has 27 heavy (non-hydrogen) atoms. The Hall–Kier alpha value is -3.71. The standard InChI is InChI=1S/C23H18N4/c1-16-25-21-14-20(19(15-24)13-22(21)27(16)2)26-23(17-9-5-3-6-10-17)18-11-7-4-8-12-18/h3-14H,1-2H3. The lowest BCUT2D eigenvalue weighted by Crippen LogP contribution is -2.03. The molecule has 0 amide bonds. The average Bonchev–Trinajstić information content (AvgIpc) is 2.99. The fraction of sp³-hybridized carbons (Fsp3) is 0.0870. The number of aryl methyl sites for hydroxylation is 2. The molecule has 4 rings (SSSR count). The largest absolute Gasteiger partial charge is 0.331 e. The Kier molecular flexibility index (Phi) is 4.27. The number of benzene rings is 3. The fourth-order valence-electron chi connectivity index (χ4n) is 3.14. The van der Waals surface area contributed by atoms with Crippen molar-refractivity contribution in [3.8, 4) is 6.07 Å². The lowest BCUT2D eigenvalue weighted by Gasteiger charge is -2.09. The van der Waals surface area contributed by atoms with Gasteiger partial charge in [-0.25, -0.2) is 9.98 Å². The van der Waals surface area contributed by atoms with E-state index in [0.717, 1.165) is 33.7 Å². The van der Waals surface area contributed by atoms with E-state index in [0.29, 0.717) is 11.3 Å². The molecule has 0 saturated heterocycles. The topological polar surface area (TPSA) is 54.0 Å². The number of aliphatic imine (C=N–C) groups is 1. The number of fused-ring (bicyclic) bond motifs is 1. The van der Waals surface area contributed by atoms with Gasteiger partial charge in [-0.15, -0.1) is 0 Å². The SMILES string of the molecule is Cc1nc2cc(N=C(c3ccccc3)c3ccccc3)c(C#N)cc2n1C. The van der Waals surface area contributed by atoms with Crippen LogP contribution < -0.4 is 0 Å². The number of imidazole rings is 1. The summed E-state index contributed by atoms with van der Waals surface area (Å²) in [6.45, 7) is 1.95. The first-order valence-electron chi connectivity index (χ1n) is 8.74. The Balaban J connectivity index is 1.97. The third-order valence-corrected chi connectivity index (χ3v) is 4.67. The maximum absolute atomic E-state index is 9.68. The van der Waals surface area contributed by atoms with E-state index < -0.39 is 0 Å². The van der Waals surface area contributed by atoms with Gasteiger partial charge in [-0.05, 0) is 19.1 Å². The van der Waals surface area contributed by atoms with Gasteiger partial charge in [0.05, 0.1) is 28.0 Å². The Bertz CT molecular complexity index is 1140. The van der Waals surface area contributed by atoms with Crippen LogP contribution in [0.15, 0.2) is 77.8 Å². The molecule has 0 aliphatic carbocycles. The van der Waals surface area contributed by atoms with Crippen molar-refractivity contribution in [1.82, 2.24) is 9.55 Å². The smallest absolute Gasteiger partial charge is 0.106 e. The minimum atomic E-state index is 0.537. The Morgan fingerprint density at radius 1 is 0.963 bits per heavy atom. The van der Waals surface area contributed by atoms with Gasteiger partial charge < -0.3 is 4.57 Å². The van der Waals surface area contributed by atoms with E-state index in [9.17, 15) is 5.26 Å². The van der Waals surface area contributed by atoms with Gasteiger partial charge in [0.15, 0.2) is 0 Å². The first kappa shape index (κ1) is 16.7. The molecular weight excluding hydrogens is 332 g/mol. The Morgan fingerprint density at radius 2 is 1.56 bits per heavy atom. The van der Waals surface area contributed by atoms with Crippen molar-refractivity contribution in [2.75, 3.05) is 0 Å². The molecule has 0 atom stereocenters. The van der Waals surface area contributed by atoms with Crippen LogP contribution in [0, 0.1) is 18.3 Å². The predicted molar refractivity (Wildman–Crippen MR) is 108 cm³/mol. The predicted octanol–water partition coefficient (Wildman–Crippen LogP) is 4.92. The van der Waals surface area contributed by atoms with Gasteiger partial charge >= 0.3 is 0 Å². The number of hydrogen-bond acceptors (Lipinski definition) is 3. The van der Waals surface area contributed by atoms with E-state index in [1.165, 1.54) is 0 Å². The van der Waals surface area contributed by atoms with Gasteiger partial charge in [0, 0.05) is 18.2 Å². The van der Waals surface area contributed by atoms with Crippen LogP contribution in [-0.4, -0.2) is 15.3 Å². The van der Waals surface area contributed by atoms with E-state index in [4.69, 9.17) is 4.99 Å². The second kappa shape index (κ2) is 6.89. The van der Waals surface area contributed by atoms with Crippen LogP contribution in [0.5, 0.6) is 0 Å². The van der Waals surface area contributed by atoms with E-state index in [-0.39, 0.29) is 0 Å². The Morgan fingerprint density at radius 3 is 2.11 bits per heavy atom. The highest BCUT2D eigenvalue weighted by Crippen LogP contribution is 2.28. The molecule has 0 fully saturated rings. The summed E-state index contributed by atoms with van der Waals surface area (Å²) in [6, 6.07) is 26.1. The van der Waals surface area contributed by atoms with E-state index >= 15 is 0 Å². The number of nitriles is 1. The molecule has 0 aliphatic heterocycles. The molecule has 0 radical (unpaired) electrons. The van der Waals surface area contributed by atoms with Gasteiger partial charge in [0.2, 0.25) is 0 Å². The third kappa shape index (κ3) is 3.11. The summed E-state index contributed by atoms with van der Waals surface area (Å²) in [6.07, 6.45) is 0. The second-order valence-electron chi connectivity index (χ2n) is 6.38. The quantitative estimate of drug-likeness (QED) is 0.492. The maximum atomic E-state index is 9.68. The van der Waals surface area contributed by atoms with Gasteiger partial charge in [0.1, 0.15) is 11.9 Å². The molecule has 0 bridgehead atoms. The van der Waals surface area contributed by atoms with Crippen LogP contribution >= 0.6 is 0 Å². The van der Waals surface area contributed by atoms with Crippen molar-refractivity contribution in [2.24, 2.45) is 12.0 Å². The molecule has 0 N–H and O–H groups in total. The van der Waals surface area contributed by atoms with Crippen LogP contribution in [-0.2, 0) is 7.05 Å². The molecule has 130 valence electrons. The van der Waals surface area contributed by atoms with Crippen molar-refractivity contribution >= 4 is 22.4 Å². The van der Waals surface area contributed by atoms with Crippen molar-refractivity contribution in [3.05, 3.63) is 95.3 Å². The number of rotatable bonds is 3. The van der Waals surface area contributed by atoms with Crippen LogP contribution in [0.2, 0.25) is 0 Å². The minimum Gasteiger partial charge on any atom is -0.331 e. The highest BCUT2D eigenvalue weighted by Gasteiger charge is 2.12. The first-order chi connectivity index (χ1) is 13.2. The minimum absolute atomic E-state index is 0.537. The summed E-state index contributed by atoms with van der Waals surface area (Å²) in [7, 11) is 1.95. The van der Waals surface area contributed by atoms with Gasteiger partial charge in [-0.1, -0.05) is 60.7 Å². The monoisotopic (exact) mass is 350 g/mol. The molecule has 0 spiro atoms. The van der Waals surface area contributed by atoms with Crippen molar-refractivity contribution in [3.63, 3.8) is 0 Å². The lowest BCUT2D eigenvalue weighted by atomic mass is 10.0. The zero-order valence-electron chi connectivity index (χ0n) is 15.2. The van der Waals surface area contributed by atoms with Crippen LogP contribution in [0.3, 0.4) is 0 Å². The maximum Gasteiger partial charge on any atom is 0.106 e. The average molecular weight is 350 g/mol. The van der Waals surface area contributed by atoms with Gasteiger partial charge in [0.25, 0.3) is 0 Å². The van der Waals surface area contributed by atoms with E-state index in [2.05, 4.69) is 11.1 Å². The number of hydrogen-bond donors (Lipinski definition) is 0. The fourth-order valence-corrected chi connectivity index (χ4v) is 3.14. The first-order valence-corrected chi connectivity index (χ1v) is 8.74. The van der Waals surface area contributed by atoms with Crippen molar-refractivity contribution in [2.45, 2.75) is 6.92 Å². The lowest BCUT2D eigenvalue weighted by molar-refractivity contribution is 0.886. The molecule has 1 heterocycles. The van der Waals surface area contributed by atoms with Crippen molar-refractivity contribution in [1.29, 1.82) is 5.26 Å². The summed E-state index contributed by atoms with van der Waals surface area (Å²) >= 11 is 0. The molecule has 4 nitrogen and oxygen atoms in total. The molecule has 1 aromatic heterocycles. The van der Waals surface area contributed by atoms with Crippen LogP contribution in [0.25, 0.3) is 11.0 Å². The highest BCUT2D eigenvalue weighted by atomic mass is 15.0. The van der Waals surface area contributed by atoms with E-state index in [1.54, 1.807) is 0 Å². The highest BCUT2D eigenvalue weighted by molar-refractivity contribution is 6.14. The summed E-state index contributed by atoms with van der Waals surface area (Å²) in [5.41, 5.74) is 5.78. The zero-order chi connectivity index (χ0) is 18.8. The summed E-state index contributed by atoms with van der Waals surface area (Å²) in [5.74, 6) is 0.904. The van der Waals surface area contributed by atoms with Gasteiger partial charge in [-0.3, -0.25) is 0 Å². The zero-order valence-corrected chi connectivity index (χ0v) is 15.2. The number of aromatic nitrogens is 2. The normalized spacial score (nSPS) is 10.6. The summed E-state index contributed by atoms with van der Waals surface area (Å²) in [4.78, 5) is 9.49. The third-order valence-electron chi connectivity index (χ3n) is 4.67. The second-order valence-corrected chi connectivity index (χ2v) is 6.38. The molecular formula is C23H18N4. The molecule has 0 aliphatic rings. The molecule has 0 saturated carbocycles. The van der Waals surface area contributed by atoms with Crippen LogP contribution in [0.4, 0.5) is 5.69 Å². The molecule has 4 heteroatoms. The molecule has 0 unspecified atom stereocenters. The van der Waals surface area contributed by atoms with Crippen LogP contribution in [0.1, 0.15) is 22.5 Å². The van der Waals surface area contributed by atoms with Gasteiger partial charge in [-0.2, -0.15) is 5.26 Å². The summed E-state index contributed by atoms with van der Waals surface area (Å²) in [5, 5.41) is 9.68. The summed E-state index contributed by atoms with van der Waals surface area (Å²) < 4.78 is 1.99. The Labute approximate surface area is 158 Å².